The number of nitrogens with one attached hydrogen (secondary N) is 1. The molecule has 0 radical (unpaired) electrons. The molecule has 0 aliphatic heterocycles. The van der Waals surface area contributed by atoms with Crippen LogP contribution in [0.25, 0.3) is 0 Å². The largest absolute Gasteiger partial charge is 0.481 e. The first-order valence-corrected chi connectivity index (χ1v) is 8.47. The molecule has 1 aromatic rings. The zero-order valence-corrected chi connectivity index (χ0v) is 13.2. The number of amides is 1. The summed E-state index contributed by atoms with van der Waals surface area (Å²) in [6, 6.07) is 4.06. The molecule has 1 saturated carbocycles. The van der Waals surface area contributed by atoms with Gasteiger partial charge in [-0.2, -0.15) is 0 Å². The van der Waals surface area contributed by atoms with E-state index in [1.165, 1.54) is 0 Å². The summed E-state index contributed by atoms with van der Waals surface area (Å²) in [5.74, 6) is -0.812. The zero-order chi connectivity index (χ0) is 15.3. The van der Waals surface area contributed by atoms with E-state index in [0.717, 1.165) is 37.0 Å². The number of rotatable bonds is 7. The van der Waals surface area contributed by atoms with E-state index in [1.54, 1.807) is 11.3 Å². The van der Waals surface area contributed by atoms with Gasteiger partial charge >= 0.3 is 5.97 Å². The Labute approximate surface area is 129 Å². The highest BCUT2D eigenvalue weighted by molar-refractivity contribution is 7.10. The fraction of sp³-hybridized carbons (Fsp3) is 0.625. The number of thiophene rings is 1. The highest BCUT2D eigenvalue weighted by Crippen LogP contribution is 2.44. The average Bonchev–Trinajstić information content (AvgIpc) is 3.07. The van der Waals surface area contributed by atoms with Gasteiger partial charge < -0.3 is 10.4 Å². The first-order valence-electron chi connectivity index (χ1n) is 7.59. The SMILES string of the molecule is CCC(NC(=O)CC1(CC(=O)O)CCCC1)c1cccs1. The lowest BCUT2D eigenvalue weighted by Crippen LogP contribution is -2.34. The van der Waals surface area contributed by atoms with Crippen molar-refractivity contribution >= 4 is 23.2 Å². The lowest BCUT2D eigenvalue weighted by Gasteiger charge is -2.27. The molecule has 1 aliphatic carbocycles. The molecule has 1 unspecified atom stereocenters. The van der Waals surface area contributed by atoms with Gasteiger partial charge in [0.2, 0.25) is 5.91 Å². The summed E-state index contributed by atoms with van der Waals surface area (Å²) in [5.41, 5.74) is -0.330. The van der Waals surface area contributed by atoms with Crippen LogP contribution in [0.15, 0.2) is 17.5 Å². The van der Waals surface area contributed by atoms with E-state index >= 15 is 0 Å². The molecule has 1 aliphatic rings. The quantitative estimate of drug-likeness (QED) is 0.806. The molecule has 0 aromatic carbocycles. The first kappa shape index (κ1) is 16.0. The van der Waals surface area contributed by atoms with E-state index < -0.39 is 5.97 Å². The van der Waals surface area contributed by atoms with Crippen LogP contribution < -0.4 is 5.32 Å². The Morgan fingerprint density at radius 3 is 2.62 bits per heavy atom. The summed E-state index contributed by atoms with van der Waals surface area (Å²) in [6.07, 6.45) is 5.05. The number of hydrogen-bond acceptors (Lipinski definition) is 3. The molecule has 1 aromatic heterocycles. The topological polar surface area (TPSA) is 66.4 Å². The van der Waals surface area contributed by atoms with Crippen molar-refractivity contribution in [3.63, 3.8) is 0 Å². The van der Waals surface area contributed by atoms with Gasteiger partial charge in [-0.15, -0.1) is 11.3 Å². The summed E-state index contributed by atoms with van der Waals surface area (Å²) in [6.45, 7) is 2.05. The van der Waals surface area contributed by atoms with E-state index in [0.29, 0.717) is 6.42 Å². The third kappa shape index (κ3) is 4.30. The summed E-state index contributed by atoms with van der Waals surface area (Å²) in [7, 11) is 0. The average molecular weight is 309 g/mol. The van der Waals surface area contributed by atoms with Crippen LogP contribution in [-0.2, 0) is 9.59 Å². The number of aliphatic carboxylic acids is 1. The maximum Gasteiger partial charge on any atom is 0.303 e. The maximum absolute atomic E-state index is 12.4. The van der Waals surface area contributed by atoms with Crippen molar-refractivity contribution in [2.45, 2.75) is 57.9 Å². The van der Waals surface area contributed by atoms with Crippen LogP contribution in [0.2, 0.25) is 0 Å². The second-order valence-electron chi connectivity index (χ2n) is 6.00. The Morgan fingerprint density at radius 2 is 2.10 bits per heavy atom. The molecule has 116 valence electrons. The molecule has 1 amide bonds. The number of carbonyl (C=O) groups is 2. The molecule has 2 rings (SSSR count). The van der Waals surface area contributed by atoms with Gasteiger partial charge in [0.15, 0.2) is 0 Å². The van der Waals surface area contributed by atoms with Crippen LogP contribution in [0.4, 0.5) is 0 Å². The van der Waals surface area contributed by atoms with Crippen LogP contribution in [0.1, 0.15) is 62.8 Å². The van der Waals surface area contributed by atoms with E-state index in [4.69, 9.17) is 5.11 Å². The Balaban J connectivity index is 1.97. The molecule has 2 N–H and O–H groups in total. The summed E-state index contributed by atoms with van der Waals surface area (Å²) < 4.78 is 0. The molecule has 21 heavy (non-hydrogen) atoms. The smallest absolute Gasteiger partial charge is 0.303 e. The van der Waals surface area contributed by atoms with Crippen molar-refractivity contribution in [1.82, 2.24) is 5.32 Å². The van der Waals surface area contributed by atoms with Crippen molar-refractivity contribution in [3.8, 4) is 0 Å². The molecule has 0 saturated heterocycles. The van der Waals surface area contributed by atoms with E-state index in [2.05, 4.69) is 5.32 Å². The van der Waals surface area contributed by atoms with Crippen molar-refractivity contribution < 1.29 is 14.7 Å². The third-order valence-corrected chi connectivity index (χ3v) is 5.34. The normalized spacial score (nSPS) is 18.3. The van der Waals surface area contributed by atoms with Crippen LogP contribution in [0.5, 0.6) is 0 Å². The predicted molar refractivity (Wildman–Crippen MR) is 83.3 cm³/mol. The zero-order valence-electron chi connectivity index (χ0n) is 12.4. The predicted octanol–water partition coefficient (Wildman–Crippen LogP) is 3.74. The second-order valence-corrected chi connectivity index (χ2v) is 6.98. The fourth-order valence-electron chi connectivity index (χ4n) is 3.31. The number of hydrogen-bond donors (Lipinski definition) is 2. The minimum atomic E-state index is -0.796. The molecule has 0 spiro atoms. The Hall–Kier alpha value is -1.36. The minimum absolute atomic E-state index is 0.0154. The first-order chi connectivity index (χ1) is 10.0. The summed E-state index contributed by atoms with van der Waals surface area (Å²) in [4.78, 5) is 24.6. The van der Waals surface area contributed by atoms with Gasteiger partial charge in [0, 0.05) is 11.3 Å². The Kier molecular flexibility index (Phi) is 5.39. The fourth-order valence-corrected chi connectivity index (χ4v) is 4.17. The van der Waals surface area contributed by atoms with Gasteiger partial charge in [-0.05, 0) is 36.1 Å². The van der Waals surface area contributed by atoms with E-state index in [-0.39, 0.29) is 23.8 Å². The molecule has 5 heteroatoms. The van der Waals surface area contributed by atoms with Gasteiger partial charge in [-0.25, -0.2) is 0 Å². The highest BCUT2D eigenvalue weighted by Gasteiger charge is 2.38. The van der Waals surface area contributed by atoms with Gasteiger partial charge in [0.1, 0.15) is 0 Å². The van der Waals surface area contributed by atoms with E-state index in [1.807, 2.05) is 24.4 Å². The number of carboxylic acids is 1. The van der Waals surface area contributed by atoms with Gasteiger partial charge in [0.05, 0.1) is 12.5 Å². The monoisotopic (exact) mass is 309 g/mol. The number of carbonyl (C=O) groups excluding carboxylic acids is 1. The molecular weight excluding hydrogens is 286 g/mol. The van der Waals surface area contributed by atoms with Crippen LogP contribution in [-0.4, -0.2) is 17.0 Å². The maximum atomic E-state index is 12.4. The molecule has 1 fully saturated rings. The minimum Gasteiger partial charge on any atom is -0.481 e. The number of carboxylic acid groups (broad SMARTS) is 1. The van der Waals surface area contributed by atoms with Crippen molar-refractivity contribution in [1.29, 1.82) is 0 Å². The lowest BCUT2D eigenvalue weighted by atomic mass is 9.79. The Morgan fingerprint density at radius 1 is 1.38 bits per heavy atom. The van der Waals surface area contributed by atoms with Crippen molar-refractivity contribution in [2.24, 2.45) is 5.41 Å². The third-order valence-electron chi connectivity index (χ3n) is 4.36. The molecule has 1 heterocycles. The van der Waals surface area contributed by atoms with Gasteiger partial charge in [-0.1, -0.05) is 25.8 Å². The standard InChI is InChI=1S/C16H23NO3S/c1-2-12(13-6-5-9-21-13)17-14(18)10-16(11-15(19)20)7-3-4-8-16/h5-6,9,12H,2-4,7-8,10-11H2,1H3,(H,17,18)(H,19,20). The second kappa shape index (κ2) is 7.07. The van der Waals surface area contributed by atoms with Crippen LogP contribution >= 0.6 is 11.3 Å². The van der Waals surface area contributed by atoms with Gasteiger partial charge in [0.25, 0.3) is 0 Å². The van der Waals surface area contributed by atoms with Crippen LogP contribution in [0.3, 0.4) is 0 Å². The summed E-state index contributed by atoms with van der Waals surface area (Å²) >= 11 is 1.64. The van der Waals surface area contributed by atoms with Crippen molar-refractivity contribution in [3.05, 3.63) is 22.4 Å². The summed E-state index contributed by atoms with van der Waals surface area (Å²) in [5, 5.41) is 14.2. The molecular formula is C16H23NO3S. The Bertz CT molecular complexity index is 478. The molecule has 1 atom stereocenters. The van der Waals surface area contributed by atoms with Gasteiger partial charge in [-0.3, -0.25) is 9.59 Å². The lowest BCUT2D eigenvalue weighted by molar-refractivity contribution is -0.140. The van der Waals surface area contributed by atoms with E-state index in [9.17, 15) is 9.59 Å². The highest BCUT2D eigenvalue weighted by atomic mass is 32.1. The molecule has 4 nitrogen and oxygen atoms in total. The molecule has 0 bridgehead atoms. The van der Waals surface area contributed by atoms with Crippen molar-refractivity contribution in [2.75, 3.05) is 0 Å². The van der Waals surface area contributed by atoms with Crippen LogP contribution in [0, 0.1) is 5.41 Å².